The summed E-state index contributed by atoms with van der Waals surface area (Å²) < 4.78 is 134. The van der Waals surface area contributed by atoms with Gasteiger partial charge in [-0.1, -0.05) is 24.3 Å². The number of hydrogen-bond donors (Lipinski definition) is 0. The largest absolute Gasteiger partial charge is 0.435 e. The normalized spacial score (nSPS) is 22.0. The van der Waals surface area contributed by atoms with Crippen LogP contribution in [0.25, 0.3) is 0 Å². The SMILES string of the molecule is O=CC1(C(=O)N2CCC(c3ccc(C(F)(C(F)(F)F)C(F)(F)F)cc3)(S(=O)(=O)c3ccc(F)cc3)C2)CCSCC1. The van der Waals surface area contributed by atoms with E-state index >= 15 is 0 Å². The predicted octanol–water partition coefficient (Wildman–Crippen LogP) is 5.73. The van der Waals surface area contributed by atoms with Crippen molar-refractivity contribution in [3.63, 3.8) is 0 Å². The van der Waals surface area contributed by atoms with Crippen LogP contribution in [0.3, 0.4) is 0 Å². The highest BCUT2D eigenvalue weighted by molar-refractivity contribution is 7.99. The number of carbonyl (C=O) groups excluding carboxylic acids is 2. The highest BCUT2D eigenvalue weighted by atomic mass is 32.2. The number of carbonyl (C=O) groups is 2. The van der Waals surface area contributed by atoms with Crippen LogP contribution in [0, 0.1) is 11.2 Å². The predicted molar refractivity (Wildman–Crippen MR) is 133 cm³/mol. The number of likely N-dealkylation sites (tertiary alicyclic amines) is 1. The number of sulfone groups is 1. The molecule has 0 aromatic heterocycles. The number of benzene rings is 2. The molecule has 5 nitrogen and oxygen atoms in total. The molecule has 2 heterocycles. The minimum Gasteiger partial charge on any atom is -0.340 e. The van der Waals surface area contributed by atoms with Crippen LogP contribution in [-0.4, -0.2) is 62.5 Å². The van der Waals surface area contributed by atoms with Crippen LogP contribution in [0.4, 0.5) is 35.1 Å². The Morgan fingerprint density at radius 3 is 1.88 bits per heavy atom. The van der Waals surface area contributed by atoms with Gasteiger partial charge in [0, 0.05) is 18.7 Å². The lowest BCUT2D eigenvalue weighted by atomic mass is 9.82. The third-order valence-electron chi connectivity index (χ3n) is 7.78. The highest BCUT2D eigenvalue weighted by Crippen LogP contribution is 2.54. The van der Waals surface area contributed by atoms with Crippen LogP contribution in [0.15, 0.2) is 53.4 Å². The first-order valence-corrected chi connectivity index (χ1v) is 14.9. The van der Waals surface area contributed by atoms with Crippen LogP contribution in [0.5, 0.6) is 0 Å². The zero-order valence-corrected chi connectivity index (χ0v) is 22.7. The molecule has 0 aliphatic carbocycles. The zero-order valence-electron chi connectivity index (χ0n) is 21.1. The molecule has 2 aromatic rings. The van der Waals surface area contributed by atoms with E-state index in [1.807, 2.05) is 0 Å². The summed E-state index contributed by atoms with van der Waals surface area (Å²) in [4.78, 5) is 26.3. The van der Waals surface area contributed by atoms with Gasteiger partial charge in [0.2, 0.25) is 5.91 Å². The van der Waals surface area contributed by atoms with Gasteiger partial charge in [0.15, 0.2) is 9.84 Å². The van der Waals surface area contributed by atoms with Crippen molar-refractivity contribution in [3.05, 3.63) is 65.5 Å². The molecule has 4 rings (SSSR count). The zero-order chi connectivity index (χ0) is 30.5. The van der Waals surface area contributed by atoms with Crippen molar-refractivity contribution >= 4 is 33.8 Å². The van der Waals surface area contributed by atoms with E-state index in [0.717, 1.165) is 29.2 Å². The topological polar surface area (TPSA) is 71.5 Å². The van der Waals surface area contributed by atoms with E-state index in [4.69, 9.17) is 0 Å². The van der Waals surface area contributed by atoms with E-state index in [1.54, 1.807) is 0 Å². The number of halogens is 8. The van der Waals surface area contributed by atoms with E-state index in [1.165, 1.54) is 11.8 Å². The molecule has 41 heavy (non-hydrogen) atoms. The molecule has 1 unspecified atom stereocenters. The Morgan fingerprint density at radius 2 is 1.39 bits per heavy atom. The molecule has 2 fully saturated rings. The van der Waals surface area contributed by atoms with Crippen molar-refractivity contribution in [1.29, 1.82) is 0 Å². The fourth-order valence-corrected chi connectivity index (χ4v) is 8.63. The van der Waals surface area contributed by atoms with Gasteiger partial charge in [0.25, 0.3) is 0 Å². The summed E-state index contributed by atoms with van der Waals surface area (Å²) in [5, 5.41) is 0. The average molecular weight is 630 g/mol. The van der Waals surface area contributed by atoms with E-state index in [0.29, 0.717) is 29.9 Å². The van der Waals surface area contributed by atoms with Gasteiger partial charge < -0.3 is 9.69 Å². The Balaban J connectivity index is 1.83. The van der Waals surface area contributed by atoms with Crippen molar-refractivity contribution in [3.8, 4) is 0 Å². The van der Waals surface area contributed by atoms with Gasteiger partial charge >= 0.3 is 18.0 Å². The molecule has 0 bridgehead atoms. The lowest BCUT2D eigenvalue weighted by molar-refractivity contribution is -0.348. The standard InChI is InChI=1S/C26H23F8NO4S2/c27-19-5-7-20(8-6-19)41(38,39)23(9-12-35(15-23)21(37)22(16-36)10-13-40-14-11-22)17-1-3-18(4-2-17)24(28,25(29,30)31)26(32,33)34/h1-8,16H,9-15H2. The number of aldehydes is 1. The third-order valence-corrected chi connectivity index (χ3v) is 11.3. The minimum atomic E-state index is -6.37. The molecule has 2 aliphatic heterocycles. The van der Waals surface area contributed by atoms with Gasteiger partial charge in [-0.2, -0.15) is 38.1 Å². The van der Waals surface area contributed by atoms with Gasteiger partial charge in [-0.05, 0) is 60.6 Å². The molecule has 2 saturated heterocycles. The Morgan fingerprint density at radius 1 is 0.854 bits per heavy atom. The van der Waals surface area contributed by atoms with Gasteiger partial charge in [0.05, 0.1) is 4.90 Å². The third kappa shape index (κ3) is 5.02. The maximum absolute atomic E-state index is 14.6. The van der Waals surface area contributed by atoms with E-state index in [9.17, 15) is 53.1 Å². The Labute approximate surface area is 234 Å². The molecule has 0 radical (unpaired) electrons. The monoisotopic (exact) mass is 629 g/mol. The number of nitrogens with zero attached hydrogens (tertiary/aromatic N) is 1. The molecule has 2 aliphatic rings. The van der Waals surface area contributed by atoms with Crippen LogP contribution in [-0.2, 0) is 29.8 Å². The molecule has 0 spiro atoms. The Hall–Kier alpha value is -2.68. The van der Waals surface area contributed by atoms with Crippen molar-refractivity contribution in [2.75, 3.05) is 24.6 Å². The molecular formula is C26H23F8NO4S2. The molecule has 15 heteroatoms. The minimum absolute atomic E-state index is 0.205. The summed E-state index contributed by atoms with van der Waals surface area (Å²) >= 11 is 1.53. The van der Waals surface area contributed by atoms with Crippen LogP contribution >= 0.6 is 11.8 Å². The molecule has 2 aromatic carbocycles. The first-order valence-electron chi connectivity index (χ1n) is 12.2. The molecular weight excluding hydrogens is 606 g/mol. The summed E-state index contributed by atoms with van der Waals surface area (Å²) in [6, 6.07) is 5.33. The lowest BCUT2D eigenvalue weighted by Crippen LogP contribution is -2.50. The van der Waals surface area contributed by atoms with Crippen molar-refractivity contribution in [2.45, 2.75) is 46.9 Å². The first-order chi connectivity index (χ1) is 19.0. The summed E-state index contributed by atoms with van der Waals surface area (Å²) in [5.41, 5.74) is -9.24. The number of hydrogen-bond acceptors (Lipinski definition) is 5. The summed E-state index contributed by atoms with van der Waals surface area (Å²) in [5.74, 6) is -0.408. The Kier molecular flexibility index (Phi) is 8.04. The molecule has 0 N–H and O–H groups in total. The molecule has 1 atom stereocenters. The Bertz CT molecular complexity index is 1390. The second kappa shape index (κ2) is 10.5. The number of alkyl halides is 7. The van der Waals surface area contributed by atoms with E-state index < -0.39 is 66.7 Å². The van der Waals surface area contributed by atoms with Crippen LogP contribution < -0.4 is 0 Å². The van der Waals surface area contributed by atoms with E-state index in [-0.39, 0.29) is 43.5 Å². The summed E-state index contributed by atoms with van der Waals surface area (Å²) in [7, 11) is -4.59. The molecule has 1 amide bonds. The fourth-order valence-electron chi connectivity index (χ4n) is 5.33. The van der Waals surface area contributed by atoms with Gasteiger partial charge in [-0.15, -0.1) is 0 Å². The quantitative estimate of drug-likeness (QED) is 0.177. The molecule has 224 valence electrons. The first kappa shape index (κ1) is 31.3. The van der Waals surface area contributed by atoms with Crippen LogP contribution in [0.2, 0.25) is 0 Å². The molecule has 0 saturated carbocycles. The fraction of sp³-hybridized carbons (Fsp3) is 0.462. The second-order valence-corrected chi connectivity index (χ2v) is 13.5. The number of rotatable bonds is 6. The second-order valence-electron chi connectivity index (χ2n) is 10.0. The van der Waals surface area contributed by atoms with Crippen molar-refractivity contribution in [2.24, 2.45) is 5.41 Å². The lowest BCUT2D eigenvalue weighted by Gasteiger charge is -2.35. The summed E-state index contributed by atoms with van der Waals surface area (Å²) in [6.45, 7) is -0.797. The van der Waals surface area contributed by atoms with Crippen molar-refractivity contribution < 1.29 is 53.1 Å². The average Bonchev–Trinajstić information content (AvgIpc) is 3.39. The number of amides is 1. The smallest absolute Gasteiger partial charge is 0.340 e. The van der Waals surface area contributed by atoms with Gasteiger partial charge in [-0.3, -0.25) is 4.79 Å². The van der Waals surface area contributed by atoms with Crippen LogP contribution in [0.1, 0.15) is 30.4 Å². The maximum Gasteiger partial charge on any atom is 0.435 e. The van der Waals surface area contributed by atoms with Gasteiger partial charge in [0.1, 0.15) is 22.3 Å². The number of thioether (sulfide) groups is 1. The summed E-state index contributed by atoms with van der Waals surface area (Å²) in [6.07, 6.45) is -12.2. The highest BCUT2D eigenvalue weighted by Gasteiger charge is 2.73. The van der Waals surface area contributed by atoms with Crippen molar-refractivity contribution in [1.82, 2.24) is 4.90 Å². The van der Waals surface area contributed by atoms with E-state index in [2.05, 4.69) is 0 Å². The van der Waals surface area contributed by atoms with Gasteiger partial charge in [-0.25, -0.2) is 17.2 Å². The maximum atomic E-state index is 14.6.